The van der Waals surface area contributed by atoms with Crippen molar-refractivity contribution >= 4 is 28.2 Å². The van der Waals surface area contributed by atoms with Crippen molar-refractivity contribution in [1.82, 2.24) is 9.78 Å². The first kappa shape index (κ1) is 13.8. The summed E-state index contributed by atoms with van der Waals surface area (Å²) in [5.41, 5.74) is 1.13. The molecule has 1 aromatic heterocycles. The molecule has 3 rings (SSSR count). The normalized spacial score (nSPS) is 11.0. The zero-order valence-electron chi connectivity index (χ0n) is 11.7. The van der Waals surface area contributed by atoms with Crippen LogP contribution in [0.1, 0.15) is 29.4 Å². The third-order valence-corrected chi connectivity index (χ3v) is 3.76. The van der Waals surface area contributed by atoms with E-state index in [4.69, 9.17) is 11.6 Å². The van der Waals surface area contributed by atoms with Crippen molar-refractivity contribution in [1.29, 1.82) is 0 Å². The van der Waals surface area contributed by atoms with Gasteiger partial charge in [-0.25, -0.2) is 0 Å². The third-order valence-electron chi connectivity index (χ3n) is 3.48. The van der Waals surface area contributed by atoms with Gasteiger partial charge >= 0.3 is 0 Å². The molecule has 0 radical (unpaired) electrons. The van der Waals surface area contributed by atoms with Gasteiger partial charge in [0.2, 0.25) is 5.78 Å². The van der Waals surface area contributed by atoms with Crippen LogP contribution in [-0.2, 0) is 6.54 Å². The van der Waals surface area contributed by atoms with Gasteiger partial charge in [0, 0.05) is 12.1 Å². The lowest BCUT2D eigenvalue weighted by molar-refractivity contribution is 0.103. The first-order valence-corrected chi connectivity index (χ1v) is 7.34. The SMILES string of the molecule is CCCn1ncc(Cl)c1C(=O)c1cccc2ccccc12. The highest BCUT2D eigenvalue weighted by molar-refractivity contribution is 6.35. The number of aromatic nitrogens is 2. The zero-order chi connectivity index (χ0) is 14.8. The van der Waals surface area contributed by atoms with Crippen LogP contribution < -0.4 is 0 Å². The molecule has 4 heteroatoms. The minimum atomic E-state index is -0.0808. The molecule has 0 spiro atoms. The van der Waals surface area contributed by atoms with E-state index in [1.807, 2.05) is 49.4 Å². The maximum atomic E-state index is 12.9. The molecule has 106 valence electrons. The van der Waals surface area contributed by atoms with Gasteiger partial charge in [-0.2, -0.15) is 5.10 Å². The Labute approximate surface area is 128 Å². The number of ketones is 1. The molecule has 0 aliphatic rings. The van der Waals surface area contributed by atoms with Gasteiger partial charge in [-0.3, -0.25) is 9.48 Å². The van der Waals surface area contributed by atoms with Crippen LogP contribution in [0, 0.1) is 0 Å². The van der Waals surface area contributed by atoms with Crippen LogP contribution in [0.15, 0.2) is 48.7 Å². The first-order valence-electron chi connectivity index (χ1n) is 6.96. The second-order valence-corrected chi connectivity index (χ2v) is 5.33. The largest absolute Gasteiger partial charge is 0.287 e. The quantitative estimate of drug-likeness (QED) is 0.672. The van der Waals surface area contributed by atoms with Crippen molar-refractivity contribution in [3.8, 4) is 0 Å². The molecule has 0 aliphatic carbocycles. The van der Waals surface area contributed by atoms with Crippen LogP contribution in [0.4, 0.5) is 0 Å². The van der Waals surface area contributed by atoms with Crippen LogP contribution in [-0.4, -0.2) is 15.6 Å². The summed E-state index contributed by atoms with van der Waals surface area (Å²) in [6, 6.07) is 13.6. The number of carbonyl (C=O) groups excluding carboxylic acids is 1. The molecule has 0 atom stereocenters. The molecule has 0 saturated carbocycles. The van der Waals surface area contributed by atoms with Crippen LogP contribution in [0.3, 0.4) is 0 Å². The first-order chi connectivity index (χ1) is 10.2. The summed E-state index contributed by atoms with van der Waals surface area (Å²) >= 11 is 6.17. The molecule has 3 nitrogen and oxygen atoms in total. The Bertz CT molecular complexity index is 802. The maximum absolute atomic E-state index is 12.9. The maximum Gasteiger partial charge on any atom is 0.213 e. The summed E-state index contributed by atoms with van der Waals surface area (Å²) < 4.78 is 1.69. The van der Waals surface area contributed by atoms with E-state index < -0.39 is 0 Å². The Balaban J connectivity index is 2.15. The Hall–Kier alpha value is -2.13. The molecular formula is C17H15ClN2O. The van der Waals surface area contributed by atoms with E-state index in [1.165, 1.54) is 6.20 Å². The molecule has 21 heavy (non-hydrogen) atoms. The minimum Gasteiger partial charge on any atom is -0.287 e. The number of benzene rings is 2. The van der Waals surface area contributed by atoms with Crippen LogP contribution in [0.25, 0.3) is 10.8 Å². The molecular weight excluding hydrogens is 284 g/mol. The highest BCUT2D eigenvalue weighted by atomic mass is 35.5. The molecule has 0 bridgehead atoms. The van der Waals surface area contributed by atoms with Gasteiger partial charge in [0.1, 0.15) is 5.69 Å². The van der Waals surface area contributed by atoms with Crippen molar-refractivity contribution < 1.29 is 4.79 Å². The minimum absolute atomic E-state index is 0.0808. The number of aryl methyl sites for hydroxylation is 1. The lowest BCUT2D eigenvalue weighted by Crippen LogP contribution is -2.12. The van der Waals surface area contributed by atoms with Crippen LogP contribution in [0.2, 0.25) is 5.02 Å². The lowest BCUT2D eigenvalue weighted by Gasteiger charge is -2.08. The van der Waals surface area contributed by atoms with Gasteiger partial charge in [-0.05, 0) is 17.2 Å². The van der Waals surface area contributed by atoms with Crippen molar-refractivity contribution in [2.24, 2.45) is 0 Å². The Morgan fingerprint density at radius 3 is 2.76 bits per heavy atom. The molecule has 0 unspecified atom stereocenters. The van der Waals surface area contributed by atoms with Gasteiger partial charge in [0.15, 0.2) is 0 Å². The predicted octanol–water partition coefficient (Wildman–Crippen LogP) is 4.33. The van der Waals surface area contributed by atoms with Crippen LogP contribution in [0.5, 0.6) is 0 Å². The summed E-state index contributed by atoms with van der Waals surface area (Å²) in [7, 11) is 0. The molecule has 0 aliphatic heterocycles. The highest BCUT2D eigenvalue weighted by Crippen LogP contribution is 2.25. The number of nitrogens with zero attached hydrogens (tertiary/aromatic N) is 2. The summed E-state index contributed by atoms with van der Waals surface area (Å²) in [6.07, 6.45) is 2.43. The Kier molecular flexibility index (Phi) is 3.76. The second-order valence-electron chi connectivity index (χ2n) is 4.92. The van der Waals surface area contributed by atoms with E-state index in [9.17, 15) is 4.79 Å². The van der Waals surface area contributed by atoms with Gasteiger partial charge in [0.05, 0.1) is 11.2 Å². The molecule has 0 saturated heterocycles. The second kappa shape index (κ2) is 5.70. The van der Waals surface area contributed by atoms with E-state index >= 15 is 0 Å². The summed E-state index contributed by atoms with van der Waals surface area (Å²) in [6.45, 7) is 2.72. The monoisotopic (exact) mass is 298 g/mol. The number of carbonyl (C=O) groups is 1. The molecule has 2 aromatic carbocycles. The Morgan fingerprint density at radius 2 is 1.95 bits per heavy atom. The van der Waals surface area contributed by atoms with E-state index in [-0.39, 0.29) is 5.78 Å². The predicted molar refractivity (Wildman–Crippen MR) is 84.9 cm³/mol. The topological polar surface area (TPSA) is 34.9 Å². The van der Waals surface area contributed by atoms with Gasteiger partial charge < -0.3 is 0 Å². The molecule has 0 amide bonds. The van der Waals surface area contributed by atoms with Gasteiger partial charge in [0.25, 0.3) is 0 Å². The molecule has 1 heterocycles. The summed E-state index contributed by atoms with van der Waals surface area (Å²) in [5, 5.41) is 6.58. The van der Waals surface area contributed by atoms with Gasteiger partial charge in [-0.15, -0.1) is 0 Å². The standard InChI is InChI=1S/C17H15ClN2O/c1-2-10-20-16(15(18)11-19-20)17(21)14-9-5-7-12-6-3-4-8-13(12)14/h3-9,11H,2,10H2,1H3. The smallest absolute Gasteiger partial charge is 0.213 e. The van der Waals surface area contributed by atoms with Crippen molar-refractivity contribution in [2.45, 2.75) is 19.9 Å². The fourth-order valence-electron chi connectivity index (χ4n) is 2.52. The van der Waals surface area contributed by atoms with E-state index in [0.29, 0.717) is 22.8 Å². The summed E-state index contributed by atoms with van der Waals surface area (Å²) in [4.78, 5) is 12.9. The number of fused-ring (bicyclic) bond motifs is 1. The van der Waals surface area contributed by atoms with Crippen molar-refractivity contribution in [2.75, 3.05) is 0 Å². The van der Waals surface area contributed by atoms with Gasteiger partial charge in [-0.1, -0.05) is 61.0 Å². The zero-order valence-corrected chi connectivity index (χ0v) is 12.5. The lowest BCUT2D eigenvalue weighted by atomic mass is 10.00. The number of rotatable bonds is 4. The number of halogens is 1. The van der Waals surface area contributed by atoms with E-state index in [0.717, 1.165) is 17.2 Å². The Morgan fingerprint density at radius 1 is 1.19 bits per heavy atom. The molecule has 0 fully saturated rings. The van der Waals surface area contributed by atoms with E-state index in [2.05, 4.69) is 5.10 Å². The highest BCUT2D eigenvalue weighted by Gasteiger charge is 2.20. The van der Waals surface area contributed by atoms with Crippen molar-refractivity contribution in [3.63, 3.8) is 0 Å². The van der Waals surface area contributed by atoms with E-state index in [1.54, 1.807) is 4.68 Å². The average molecular weight is 299 g/mol. The fourth-order valence-corrected chi connectivity index (χ4v) is 2.75. The fraction of sp³-hybridized carbons (Fsp3) is 0.176. The third kappa shape index (κ3) is 2.45. The average Bonchev–Trinajstić information content (AvgIpc) is 2.87. The van der Waals surface area contributed by atoms with Crippen molar-refractivity contribution in [3.05, 3.63) is 64.9 Å². The molecule has 3 aromatic rings. The summed E-state index contributed by atoms with van der Waals surface area (Å²) in [5.74, 6) is -0.0808. The number of hydrogen-bond acceptors (Lipinski definition) is 2. The number of hydrogen-bond donors (Lipinski definition) is 0. The molecule has 0 N–H and O–H groups in total. The van der Waals surface area contributed by atoms with Crippen LogP contribution >= 0.6 is 11.6 Å².